The van der Waals surface area contributed by atoms with Crippen LogP contribution in [0.25, 0.3) is 0 Å². The number of benzene rings is 1. The Morgan fingerprint density at radius 2 is 1.85 bits per heavy atom. The number of imide groups is 1. The Morgan fingerprint density at radius 1 is 1.15 bits per heavy atom. The van der Waals surface area contributed by atoms with E-state index in [1.54, 1.807) is 0 Å². The number of urea groups is 1. The lowest BCUT2D eigenvalue weighted by atomic mass is 10.1. The molecular formula is C21H23N3O3. The van der Waals surface area contributed by atoms with E-state index >= 15 is 0 Å². The van der Waals surface area contributed by atoms with Crippen LogP contribution in [0, 0.1) is 13.8 Å². The van der Waals surface area contributed by atoms with E-state index in [9.17, 15) is 14.4 Å². The minimum atomic E-state index is -0.619. The first kappa shape index (κ1) is 17.5. The Kier molecular flexibility index (Phi) is 4.34. The fourth-order valence-corrected chi connectivity index (χ4v) is 3.90. The van der Waals surface area contributed by atoms with Crippen LogP contribution >= 0.6 is 0 Å². The molecule has 6 nitrogen and oxygen atoms in total. The number of aryl methyl sites for hydroxylation is 1. The summed E-state index contributed by atoms with van der Waals surface area (Å²) in [6.07, 6.45) is 2.70. The first-order valence-corrected chi connectivity index (χ1v) is 9.33. The summed E-state index contributed by atoms with van der Waals surface area (Å²) in [6, 6.07) is 10.8. The van der Waals surface area contributed by atoms with Crippen LogP contribution in [0.3, 0.4) is 0 Å². The van der Waals surface area contributed by atoms with Crippen molar-refractivity contribution in [3.05, 3.63) is 58.9 Å². The summed E-state index contributed by atoms with van der Waals surface area (Å²) in [4.78, 5) is 38.8. The quantitative estimate of drug-likeness (QED) is 0.632. The number of ketones is 1. The third-order valence-electron chi connectivity index (χ3n) is 5.39. The summed E-state index contributed by atoms with van der Waals surface area (Å²) in [5.41, 5.74) is 3.55. The van der Waals surface area contributed by atoms with E-state index < -0.39 is 12.1 Å². The Bertz CT molecular complexity index is 912. The topological polar surface area (TPSA) is 71.4 Å². The van der Waals surface area contributed by atoms with Crippen molar-refractivity contribution < 1.29 is 14.4 Å². The highest BCUT2D eigenvalue weighted by Gasteiger charge is 2.39. The molecule has 2 fully saturated rings. The van der Waals surface area contributed by atoms with Crippen molar-refractivity contribution >= 4 is 17.7 Å². The molecule has 2 aromatic rings. The van der Waals surface area contributed by atoms with Gasteiger partial charge in [0.25, 0.3) is 5.91 Å². The van der Waals surface area contributed by atoms with Crippen molar-refractivity contribution in [2.45, 2.75) is 45.2 Å². The van der Waals surface area contributed by atoms with Gasteiger partial charge < -0.3 is 9.88 Å². The molecule has 1 saturated heterocycles. The van der Waals surface area contributed by atoms with E-state index in [-0.39, 0.29) is 18.2 Å². The molecule has 0 radical (unpaired) electrons. The lowest BCUT2D eigenvalue weighted by molar-refractivity contribution is -0.127. The van der Waals surface area contributed by atoms with Crippen LogP contribution in [-0.4, -0.2) is 39.8 Å². The highest BCUT2D eigenvalue weighted by molar-refractivity contribution is 6.09. The number of carbonyl (C=O) groups is 3. The Morgan fingerprint density at radius 3 is 2.52 bits per heavy atom. The summed E-state index contributed by atoms with van der Waals surface area (Å²) in [5.74, 6) is -0.535. The molecule has 1 aromatic heterocycles. The number of hydrogen-bond donors (Lipinski definition) is 1. The maximum Gasteiger partial charge on any atom is 0.325 e. The second-order valence-corrected chi connectivity index (χ2v) is 7.43. The van der Waals surface area contributed by atoms with Crippen molar-refractivity contribution in [2.24, 2.45) is 0 Å². The van der Waals surface area contributed by atoms with Gasteiger partial charge in [-0.25, -0.2) is 4.79 Å². The Balaban J connectivity index is 1.47. The molecule has 4 rings (SSSR count). The molecule has 1 aliphatic heterocycles. The van der Waals surface area contributed by atoms with E-state index in [0.717, 1.165) is 34.7 Å². The third-order valence-corrected chi connectivity index (χ3v) is 5.39. The number of nitrogens with zero attached hydrogens (tertiary/aromatic N) is 2. The summed E-state index contributed by atoms with van der Waals surface area (Å²) in [5, 5.41) is 2.70. The van der Waals surface area contributed by atoms with Crippen LogP contribution in [0.5, 0.6) is 0 Å². The number of nitrogens with one attached hydrogen (secondary N) is 1. The largest absolute Gasteiger partial charge is 0.345 e. The van der Waals surface area contributed by atoms with Gasteiger partial charge in [0.1, 0.15) is 6.04 Å². The Hall–Kier alpha value is -2.89. The second-order valence-electron chi connectivity index (χ2n) is 7.43. The molecule has 0 bridgehead atoms. The third kappa shape index (κ3) is 3.27. The van der Waals surface area contributed by atoms with Crippen LogP contribution in [-0.2, 0) is 11.2 Å². The van der Waals surface area contributed by atoms with Gasteiger partial charge in [-0.2, -0.15) is 0 Å². The van der Waals surface area contributed by atoms with Gasteiger partial charge in [-0.05, 0) is 38.3 Å². The minimum absolute atomic E-state index is 0.195. The van der Waals surface area contributed by atoms with Crippen LogP contribution in [0.1, 0.15) is 46.2 Å². The lowest BCUT2D eigenvalue weighted by Gasteiger charge is -2.13. The standard InChI is InChI=1S/C21H23N3O3/c1-13-10-17(14(2)24(13)16-8-9-16)19(25)12-23-20(26)18(22-21(23)27)11-15-6-4-3-5-7-15/h3-7,10,16,18H,8-9,11-12H2,1-2H3,(H,22,27)/t18-/m0/s1. The second kappa shape index (κ2) is 6.68. The van der Waals surface area contributed by atoms with Gasteiger partial charge in [-0.3, -0.25) is 14.5 Å². The zero-order chi connectivity index (χ0) is 19.1. The smallest absolute Gasteiger partial charge is 0.325 e. The highest BCUT2D eigenvalue weighted by atomic mass is 16.2. The van der Waals surface area contributed by atoms with Crippen LogP contribution in [0.15, 0.2) is 36.4 Å². The van der Waals surface area contributed by atoms with Crippen molar-refractivity contribution in [1.29, 1.82) is 0 Å². The average molecular weight is 365 g/mol. The number of amides is 3. The molecule has 1 atom stereocenters. The molecule has 0 spiro atoms. The van der Waals surface area contributed by atoms with Gasteiger partial charge in [0.2, 0.25) is 0 Å². The van der Waals surface area contributed by atoms with E-state index in [1.807, 2.05) is 50.2 Å². The average Bonchev–Trinajstić information content (AvgIpc) is 3.38. The van der Waals surface area contributed by atoms with E-state index in [4.69, 9.17) is 0 Å². The molecule has 6 heteroatoms. The van der Waals surface area contributed by atoms with Crippen LogP contribution in [0.4, 0.5) is 4.79 Å². The molecule has 1 saturated carbocycles. The molecule has 0 unspecified atom stereocenters. The minimum Gasteiger partial charge on any atom is -0.345 e. The molecule has 1 aliphatic carbocycles. The summed E-state index contributed by atoms with van der Waals surface area (Å²) < 4.78 is 2.19. The molecule has 1 aromatic carbocycles. The van der Waals surface area contributed by atoms with E-state index in [1.165, 1.54) is 0 Å². The van der Waals surface area contributed by atoms with Crippen molar-refractivity contribution in [2.75, 3.05) is 6.54 Å². The zero-order valence-corrected chi connectivity index (χ0v) is 15.6. The van der Waals surface area contributed by atoms with Gasteiger partial charge in [-0.15, -0.1) is 0 Å². The molecule has 2 aliphatic rings. The predicted molar refractivity (Wildman–Crippen MR) is 101 cm³/mol. The maximum absolute atomic E-state index is 12.8. The normalized spacial score (nSPS) is 19.5. The van der Waals surface area contributed by atoms with E-state index in [2.05, 4.69) is 9.88 Å². The van der Waals surface area contributed by atoms with Gasteiger partial charge >= 0.3 is 6.03 Å². The first-order valence-electron chi connectivity index (χ1n) is 9.33. The monoisotopic (exact) mass is 365 g/mol. The maximum atomic E-state index is 12.8. The fraction of sp³-hybridized carbons (Fsp3) is 0.381. The summed E-state index contributed by atoms with van der Waals surface area (Å²) >= 11 is 0. The van der Waals surface area contributed by atoms with Crippen LogP contribution in [0.2, 0.25) is 0 Å². The Labute approximate surface area is 158 Å². The molecule has 27 heavy (non-hydrogen) atoms. The van der Waals surface area contributed by atoms with Crippen molar-refractivity contribution in [3.8, 4) is 0 Å². The number of aromatic nitrogens is 1. The number of rotatable bonds is 6. The first-order chi connectivity index (χ1) is 13.0. The molecule has 140 valence electrons. The number of hydrogen-bond acceptors (Lipinski definition) is 3. The molecule has 2 heterocycles. The summed E-state index contributed by atoms with van der Waals surface area (Å²) in [6.45, 7) is 3.71. The number of carbonyl (C=O) groups excluding carboxylic acids is 3. The fourth-order valence-electron chi connectivity index (χ4n) is 3.90. The van der Waals surface area contributed by atoms with Crippen LogP contribution < -0.4 is 5.32 Å². The van der Waals surface area contributed by atoms with Gasteiger partial charge in [0, 0.05) is 29.4 Å². The summed E-state index contributed by atoms with van der Waals surface area (Å²) in [7, 11) is 0. The van der Waals surface area contributed by atoms with Gasteiger partial charge in [0.05, 0.1) is 6.54 Å². The SMILES string of the molecule is Cc1cc(C(=O)CN2C(=O)N[C@@H](Cc3ccccc3)C2=O)c(C)n1C1CC1. The highest BCUT2D eigenvalue weighted by Crippen LogP contribution is 2.38. The lowest BCUT2D eigenvalue weighted by Crippen LogP contribution is -2.36. The zero-order valence-electron chi connectivity index (χ0n) is 15.6. The number of Topliss-reactive ketones (excluding diaryl/α,β-unsaturated/α-hetero) is 1. The van der Waals surface area contributed by atoms with E-state index in [0.29, 0.717) is 18.0 Å². The van der Waals surface area contributed by atoms with Crippen molar-refractivity contribution in [1.82, 2.24) is 14.8 Å². The van der Waals surface area contributed by atoms with Gasteiger partial charge in [-0.1, -0.05) is 30.3 Å². The predicted octanol–water partition coefficient (Wildman–Crippen LogP) is 2.79. The molecular weight excluding hydrogens is 342 g/mol. The van der Waals surface area contributed by atoms with Gasteiger partial charge in [0.15, 0.2) is 5.78 Å². The van der Waals surface area contributed by atoms with Crippen molar-refractivity contribution in [3.63, 3.8) is 0 Å². The molecule has 3 amide bonds. The molecule has 1 N–H and O–H groups in total.